The molecule has 4 rings (SSSR count). The van der Waals surface area contributed by atoms with Gasteiger partial charge in [-0.3, -0.25) is 9.69 Å². The van der Waals surface area contributed by atoms with E-state index in [1.54, 1.807) is 0 Å². The van der Waals surface area contributed by atoms with Crippen molar-refractivity contribution in [1.29, 1.82) is 0 Å². The number of morpholine rings is 1. The molecule has 1 aromatic heterocycles. The van der Waals surface area contributed by atoms with Crippen LogP contribution in [0, 0.1) is 11.2 Å². The molecule has 3 aliphatic heterocycles. The zero-order valence-corrected chi connectivity index (χ0v) is 14.7. The van der Waals surface area contributed by atoms with Gasteiger partial charge in [0.15, 0.2) is 11.6 Å². The van der Waals surface area contributed by atoms with E-state index in [4.69, 9.17) is 15.2 Å². The number of piperidine rings is 1. The molecule has 2 N–H and O–H groups in total. The minimum Gasteiger partial charge on any atom is -0.461 e. The van der Waals surface area contributed by atoms with Crippen molar-refractivity contribution in [3.63, 3.8) is 0 Å². The molecule has 8 nitrogen and oxygen atoms in total. The Bertz CT molecular complexity index is 674. The van der Waals surface area contributed by atoms with Gasteiger partial charge in [-0.2, -0.15) is 4.39 Å². The number of halogens is 1. The first-order chi connectivity index (χ1) is 12.6. The second-order valence-corrected chi connectivity index (χ2v) is 7.31. The van der Waals surface area contributed by atoms with E-state index < -0.39 is 11.2 Å². The van der Waals surface area contributed by atoms with Crippen LogP contribution in [0.3, 0.4) is 0 Å². The molecule has 1 spiro atoms. The van der Waals surface area contributed by atoms with Gasteiger partial charge in [0.05, 0.1) is 18.6 Å². The summed E-state index contributed by atoms with van der Waals surface area (Å²) in [6.45, 7) is 5.08. The van der Waals surface area contributed by atoms with Crippen LogP contribution >= 0.6 is 0 Å². The molecule has 1 unspecified atom stereocenters. The van der Waals surface area contributed by atoms with Gasteiger partial charge in [0.2, 0.25) is 5.82 Å². The average molecular weight is 365 g/mol. The smallest absolute Gasteiger partial charge is 0.312 e. The van der Waals surface area contributed by atoms with Crippen molar-refractivity contribution in [2.75, 3.05) is 56.6 Å². The summed E-state index contributed by atoms with van der Waals surface area (Å²) in [6, 6.07) is 0. The number of nitrogen functional groups attached to an aromatic ring is 1. The summed E-state index contributed by atoms with van der Waals surface area (Å²) < 4.78 is 25.2. The van der Waals surface area contributed by atoms with Gasteiger partial charge in [0.25, 0.3) is 0 Å². The van der Waals surface area contributed by atoms with E-state index in [2.05, 4.69) is 14.9 Å². The number of carbonyl (C=O) groups excluding carboxylic acids is 1. The van der Waals surface area contributed by atoms with E-state index in [9.17, 15) is 9.18 Å². The lowest BCUT2D eigenvalue weighted by atomic mass is 9.76. The van der Waals surface area contributed by atoms with Crippen LogP contribution in [0.5, 0.6) is 0 Å². The van der Waals surface area contributed by atoms with Crippen LogP contribution in [0.15, 0.2) is 6.33 Å². The van der Waals surface area contributed by atoms with Crippen molar-refractivity contribution in [2.24, 2.45) is 5.41 Å². The third kappa shape index (κ3) is 3.21. The molecule has 3 fully saturated rings. The first kappa shape index (κ1) is 17.4. The van der Waals surface area contributed by atoms with E-state index in [-0.39, 0.29) is 23.7 Å². The number of ether oxygens (including phenoxy) is 2. The van der Waals surface area contributed by atoms with E-state index in [0.29, 0.717) is 25.9 Å². The lowest BCUT2D eigenvalue weighted by Gasteiger charge is -2.37. The number of esters is 1. The Labute approximate surface area is 151 Å². The average Bonchev–Trinajstić information content (AvgIpc) is 2.94. The van der Waals surface area contributed by atoms with Crippen LogP contribution in [-0.2, 0) is 14.3 Å². The van der Waals surface area contributed by atoms with Crippen LogP contribution in [-0.4, -0.2) is 72.9 Å². The molecule has 0 aromatic carbocycles. The molecule has 0 saturated carbocycles. The highest BCUT2D eigenvalue weighted by Crippen LogP contribution is 2.44. The Balaban J connectivity index is 1.38. The highest BCUT2D eigenvalue weighted by molar-refractivity contribution is 5.79. The first-order valence-corrected chi connectivity index (χ1v) is 9.09. The van der Waals surface area contributed by atoms with Gasteiger partial charge in [-0.1, -0.05) is 0 Å². The molecular weight excluding hydrogens is 341 g/mol. The fourth-order valence-electron chi connectivity index (χ4n) is 4.16. The van der Waals surface area contributed by atoms with E-state index in [0.717, 1.165) is 39.3 Å². The van der Waals surface area contributed by atoms with Crippen molar-refractivity contribution in [2.45, 2.75) is 25.4 Å². The Hall–Kier alpha value is -2.00. The van der Waals surface area contributed by atoms with Gasteiger partial charge < -0.3 is 20.1 Å². The van der Waals surface area contributed by atoms with Crippen molar-refractivity contribution >= 4 is 17.6 Å². The highest BCUT2D eigenvalue weighted by atomic mass is 19.1. The molecule has 26 heavy (non-hydrogen) atoms. The van der Waals surface area contributed by atoms with Crippen LogP contribution < -0.4 is 10.6 Å². The molecule has 9 heteroatoms. The van der Waals surface area contributed by atoms with Crippen molar-refractivity contribution in [3.05, 3.63) is 12.1 Å². The molecule has 3 aliphatic rings. The number of nitrogens with zero attached hydrogens (tertiary/aromatic N) is 4. The fraction of sp³-hybridized carbons (Fsp3) is 0.706. The van der Waals surface area contributed by atoms with Crippen molar-refractivity contribution < 1.29 is 18.7 Å². The van der Waals surface area contributed by atoms with Crippen LogP contribution in [0.4, 0.5) is 16.0 Å². The molecule has 3 saturated heterocycles. The van der Waals surface area contributed by atoms with Gasteiger partial charge in [-0.05, 0) is 12.8 Å². The predicted octanol–water partition coefficient (Wildman–Crippen LogP) is 0.432. The Kier molecular flexibility index (Phi) is 4.66. The molecular formula is C17H24FN5O3. The number of rotatable bonds is 3. The van der Waals surface area contributed by atoms with Gasteiger partial charge in [0, 0.05) is 39.1 Å². The maximum absolute atomic E-state index is 14.2. The summed E-state index contributed by atoms with van der Waals surface area (Å²) in [4.78, 5) is 24.4. The molecule has 1 aromatic rings. The summed E-state index contributed by atoms with van der Waals surface area (Å²) in [7, 11) is 0. The molecule has 1 atom stereocenters. The van der Waals surface area contributed by atoms with E-state index >= 15 is 0 Å². The number of anilines is 2. The lowest BCUT2D eigenvalue weighted by molar-refractivity contribution is -0.150. The molecule has 142 valence electrons. The second kappa shape index (κ2) is 6.96. The number of nitrogens with two attached hydrogens (primary N) is 1. The number of carbonyl (C=O) groups is 1. The zero-order chi connectivity index (χ0) is 18.1. The number of aromatic nitrogens is 2. The molecule has 0 bridgehead atoms. The monoisotopic (exact) mass is 365 g/mol. The standard InChI is InChI=1S/C17H24FN5O3/c18-13-14(19)20-11-21-15(13)23-3-1-17(2-4-23)9-12(26-16(17)24)10-22-5-7-25-8-6-22/h11-12H,1-10H2,(H2,19,20,21). The number of cyclic esters (lactones) is 1. The van der Waals surface area contributed by atoms with Crippen LogP contribution in [0.2, 0.25) is 0 Å². The molecule has 4 heterocycles. The maximum Gasteiger partial charge on any atom is 0.312 e. The lowest BCUT2D eigenvalue weighted by Crippen LogP contribution is -2.43. The Morgan fingerprint density at radius 3 is 2.69 bits per heavy atom. The van der Waals surface area contributed by atoms with Gasteiger partial charge in [-0.25, -0.2) is 9.97 Å². The topological polar surface area (TPSA) is 93.8 Å². The van der Waals surface area contributed by atoms with Gasteiger partial charge >= 0.3 is 5.97 Å². The quantitative estimate of drug-likeness (QED) is 0.771. The summed E-state index contributed by atoms with van der Waals surface area (Å²) >= 11 is 0. The fourth-order valence-corrected chi connectivity index (χ4v) is 4.16. The summed E-state index contributed by atoms with van der Waals surface area (Å²) in [6.07, 6.45) is 3.19. The highest BCUT2D eigenvalue weighted by Gasteiger charge is 2.50. The first-order valence-electron chi connectivity index (χ1n) is 9.09. The van der Waals surface area contributed by atoms with Crippen molar-refractivity contribution in [1.82, 2.24) is 14.9 Å². The van der Waals surface area contributed by atoms with E-state index in [1.807, 2.05) is 4.90 Å². The molecule has 0 aliphatic carbocycles. The van der Waals surface area contributed by atoms with E-state index in [1.165, 1.54) is 6.33 Å². The minimum absolute atomic E-state index is 0.0708. The Morgan fingerprint density at radius 2 is 1.96 bits per heavy atom. The minimum atomic E-state index is -0.595. The maximum atomic E-state index is 14.2. The SMILES string of the molecule is Nc1ncnc(N2CCC3(CC2)CC(CN2CCOCC2)OC3=O)c1F. The predicted molar refractivity (Wildman–Crippen MR) is 92.0 cm³/mol. The largest absolute Gasteiger partial charge is 0.461 e. The van der Waals surface area contributed by atoms with Gasteiger partial charge in [0.1, 0.15) is 12.4 Å². The second-order valence-electron chi connectivity index (χ2n) is 7.31. The normalized spacial score (nSPS) is 26.3. The van der Waals surface area contributed by atoms with Gasteiger partial charge in [-0.15, -0.1) is 0 Å². The third-order valence-electron chi connectivity index (χ3n) is 5.71. The summed E-state index contributed by atoms with van der Waals surface area (Å²) in [5.41, 5.74) is 5.08. The molecule has 0 radical (unpaired) electrons. The number of hydrogen-bond donors (Lipinski definition) is 1. The molecule has 0 amide bonds. The van der Waals surface area contributed by atoms with Crippen LogP contribution in [0.1, 0.15) is 19.3 Å². The summed E-state index contributed by atoms with van der Waals surface area (Å²) in [5, 5.41) is 0. The summed E-state index contributed by atoms with van der Waals surface area (Å²) in [5.74, 6) is -0.648. The third-order valence-corrected chi connectivity index (χ3v) is 5.71. The zero-order valence-electron chi connectivity index (χ0n) is 14.7. The Morgan fingerprint density at radius 1 is 1.23 bits per heavy atom. The van der Waals surface area contributed by atoms with Crippen molar-refractivity contribution in [3.8, 4) is 0 Å². The van der Waals surface area contributed by atoms with Crippen LogP contribution in [0.25, 0.3) is 0 Å². The number of hydrogen-bond acceptors (Lipinski definition) is 8.